The highest BCUT2D eigenvalue weighted by Crippen LogP contribution is 2.39. The lowest BCUT2D eigenvalue weighted by molar-refractivity contribution is -0.151. The zero-order valence-corrected chi connectivity index (χ0v) is 21.5. The molecule has 5 rings (SSSR count). The molecule has 3 aromatic heterocycles. The molecule has 2 aliphatic heterocycles. The molecule has 200 valence electrons. The Morgan fingerprint density at radius 2 is 1.71 bits per heavy atom. The molecule has 8 nitrogen and oxygen atoms in total. The van der Waals surface area contributed by atoms with Crippen LogP contribution in [0, 0.1) is 5.92 Å². The number of aliphatic hydroxyl groups is 1. The molecule has 3 aromatic rings. The first-order chi connectivity index (χ1) is 18.4. The summed E-state index contributed by atoms with van der Waals surface area (Å²) in [5.41, 5.74) is 5.11. The van der Waals surface area contributed by atoms with Crippen LogP contribution in [0.25, 0.3) is 0 Å². The Morgan fingerprint density at radius 3 is 2.34 bits per heavy atom. The SMILES string of the molecule is Nc1cc(CN2CCC(F)(C(=O)N3CCC(C(O)(Cc4ccccn4)c4ccccn4)CC3)CC2)ccn1. The van der Waals surface area contributed by atoms with Gasteiger partial charge in [-0.2, -0.15) is 0 Å². The van der Waals surface area contributed by atoms with Gasteiger partial charge in [-0.3, -0.25) is 19.7 Å². The predicted octanol–water partition coefficient (Wildman–Crippen LogP) is 3.13. The van der Waals surface area contributed by atoms with E-state index in [1.807, 2.05) is 48.5 Å². The fourth-order valence-corrected chi connectivity index (χ4v) is 5.82. The van der Waals surface area contributed by atoms with Crippen molar-refractivity contribution in [3.05, 3.63) is 84.1 Å². The molecule has 1 amide bonds. The van der Waals surface area contributed by atoms with E-state index in [1.54, 1.807) is 23.5 Å². The lowest BCUT2D eigenvalue weighted by Crippen LogP contribution is -2.55. The molecule has 1 unspecified atom stereocenters. The topological polar surface area (TPSA) is 108 Å². The van der Waals surface area contributed by atoms with E-state index in [0.29, 0.717) is 63.5 Å². The molecule has 0 bridgehead atoms. The van der Waals surface area contributed by atoms with Crippen molar-refractivity contribution in [2.75, 3.05) is 31.9 Å². The average Bonchev–Trinajstić information content (AvgIpc) is 2.95. The van der Waals surface area contributed by atoms with Crippen LogP contribution in [0.2, 0.25) is 0 Å². The first-order valence-corrected chi connectivity index (χ1v) is 13.3. The van der Waals surface area contributed by atoms with Crippen molar-refractivity contribution in [2.45, 2.75) is 49.9 Å². The monoisotopic (exact) mass is 518 g/mol. The van der Waals surface area contributed by atoms with Gasteiger partial charge in [-0.15, -0.1) is 0 Å². The Labute approximate surface area is 222 Å². The maximum absolute atomic E-state index is 15.9. The minimum Gasteiger partial charge on any atom is -0.384 e. The molecule has 38 heavy (non-hydrogen) atoms. The number of carbonyl (C=O) groups is 1. The maximum atomic E-state index is 15.9. The number of amides is 1. The molecule has 0 aliphatic carbocycles. The van der Waals surface area contributed by atoms with Gasteiger partial charge in [0.05, 0.1) is 5.69 Å². The summed E-state index contributed by atoms with van der Waals surface area (Å²) in [4.78, 5) is 30.0. The van der Waals surface area contributed by atoms with E-state index < -0.39 is 17.2 Å². The van der Waals surface area contributed by atoms with Crippen LogP contribution in [0.4, 0.5) is 10.2 Å². The molecule has 1 atom stereocenters. The summed E-state index contributed by atoms with van der Waals surface area (Å²) in [5.74, 6) is -0.0866. The average molecular weight is 519 g/mol. The standard InChI is InChI=1S/C29H35FN6O2/c30-28(10-17-35(18-11-28)21-22-7-14-34-26(31)19-22)27(37)36-15-8-23(9-16-36)29(38,25-6-2-4-13-33-25)20-24-5-1-3-12-32-24/h1-7,12-14,19,23,38H,8-11,15-18,20-21H2,(H2,31,34). The summed E-state index contributed by atoms with van der Waals surface area (Å²) in [6, 6.07) is 14.9. The summed E-state index contributed by atoms with van der Waals surface area (Å²) in [6.07, 6.45) is 6.87. The van der Waals surface area contributed by atoms with Gasteiger partial charge in [0.15, 0.2) is 5.67 Å². The predicted molar refractivity (Wildman–Crippen MR) is 142 cm³/mol. The molecule has 0 radical (unpaired) electrons. The normalized spacial score (nSPS) is 20.1. The van der Waals surface area contributed by atoms with Crippen LogP contribution >= 0.6 is 0 Å². The zero-order valence-electron chi connectivity index (χ0n) is 21.5. The number of rotatable bonds is 7. The molecule has 5 heterocycles. The highest BCUT2D eigenvalue weighted by atomic mass is 19.1. The van der Waals surface area contributed by atoms with Crippen LogP contribution in [-0.4, -0.2) is 67.6 Å². The van der Waals surface area contributed by atoms with E-state index in [0.717, 1.165) is 11.3 Å². The first-order valence-electron chi connectivity index (χ1n) is 13.3. The summed E-state index contributed by atoms with van der Waals surface area (Å²) in [6.45, 7) is 2.48. The van der Waals surface area contributed by atoms with Crippen LogP contribution in [-0.2, 0) is 23.4 Å². The lowest BCUT2D eigenvalue weighted by atomic mass is 9.75. The number of aromatic nitrogens is 3. The van der Waals surface area contributed by atoms with Gasteiger partial charge in [0.1, 0.15) is 11.4 Å². The quantitative estimate of drug-likeness (QED) is 0.495. The Kier molecular flexibility index (Phi) is 7.67. The highest BCUT2D eigenvalue weighted by molar-refractivity contribution is 5.85. The smallest absolute Gasteiger partial charge is 0.260 e. The number of alkyl halides is 1. The molecule has 2 fully saturated rings. The zero-order chi connectivity index (χ0) is 26.6. The van der Waals surface area contributed by atoms with E-state index >= 15 is 4.39 Å². The van der Waals surface area contributed by atoms with Gasteiger partial charge < -0.3 is 15.7 Å². The van der Waals surface area contributed by atoms with Gasteiger partial charge in [-0.05, 0) is 60.7 Å². The van der Waals surface area contributed by atoms with E-state index in [1.165, 1.54) is 0 Å². The van der Waals surface area contributed by atoms with E-state index in [9.17, 15) is 9.90 Å². The molecule has 3 N–H and O–H groups in total. The fraction of sp³-hybridized carbons (Fsp3) is 0.448. The Hall–Kier alpha value is -3.43. The van der Waals surface area contributed by atoms with Crippen molar-refractivity contribution < 1.29 is 14.3 Å². The van der Waals surface area contributed by atoms with E-state index in [-0.39, 0.29) is 18.8 Å². The third-order valence-corrected chi connectivity index (χ3v) is 8.03. The first kappa shape index (κ1) is 26.2. The van der Waals surface area contributed by atoms with Crippen LogP contribution in [0.1, 0.15) is 42.6 Å². The third kappa shape index (κ3) is 5.68. The van der Waals surface area contributed by atoms with Crippen LogP contribution in [0.3, 0.4) is 0 Å². The van der Waals surface area contributed by atoms with Crippen molar-refractivity contribution in [2.24, 2.45) is 5.92 Å². The number of hydrogen-bond donors (Lipinski definition) is 2. The number of likely N-dealkylation sites (tertiary alicyclic amines) is 2. The van der Waals surface area contributed by atoms with Gasteiger partial charge in [0.25, 0.3) is 5.91 Å². The second kappa shape index (κ2) is 11.1. The molecule has 0 spiro atoms. The number of nitrogens with two attached hydrogens (primary N) is 1. The lowest BCUT2D eigenvalue weighted by Gasteiger charge is -2.43. The van der Waals surface area contributed by atoms with E-state index in [2.05, 4.69) is 19.9 Å². The Balaban J connectivity index is 1.21. The molecular weight excluding hydrogens is 483 g/mol. The summed E-state index contributed by atoms with van der Waals surface area (Å²) in [5, 5.41) is 12.0. The molecule has 9 heteroatoms. The highest BCUT2D eigenvalue weighted by Gasteiger charge is 2.47. The number of pyridine rings is 3. The summed E-state index contributed by atoms with van der Waals surface area (Å²) >= 11 is 0. The van der Waals surface area contributed by atoms with Gasteiger partial charge in [-0.25, -0.2) is 9.37 Å². The van der Waals surface area contributed by atoms with Crippen molar-refractivity contribution in [3.63, 3.8) is 0 Å². The fourth-order valence-electron chi connectivity index (χ4n) is 5.82. The Bertz CT molecular complexity index is 1210. The minimum atomic E-state index is -1.86. The minimum absolute atomic E-state index is 0.131. The molecule has 0 aromatic carbocycles. The number of nitrogens with zero attached hydrogens (tertiary/aromatic N) is 5. The van der Waals surface area contributed by atoms with Crippen LogP contribution < -0.4 is 5.73 Å². The van der Waals surface area contributed by atoms with Crippen molar-refractivity contribution in [1.29, 1.82) is 0 Å². The number of hydrogen-bond acceptors (Lipinski definition) is 7. The summed E-state index contributed by atoms with van der Waals surface area (Å²) < 4.78 is 15.9. The number of piperidine rings is 2. The molecular formula is C29H35FN6O2. The summed E-state index contributed by atoms with van der Waals surface area (Å²) in [7, 11) is 0. The van der Waals surface area contributed by atoms with E-state index in [4.69, 9.17) is 5.73 Å². The Morgan fingerprint density at radius 1 is 1.00 bits per heavy atom. The maximum Gasteiger partial charge on any atom is 0.260 e. The number of anilines is 1. The molecule has 0 saturated carbocycles. The molecule has 2 aliphatic rings. The van der Waals surface area contributed by atoms with Gasteiger partial charge in [0.2, 0.25) is 0 Å². The second-order valence-corrected chi connectivity index (χ2v) is 10.5. The largest absolute Gasteiger partial charge is 0.384 e. The van der Waals surface area contributed by atoms with Crippen LogP contribution in [0.15, 0.2) is 67.1 Å². The molecule has 2 saturated heterocycles. The number of nitrogen functional groups attached to an aromatic ring is 1. The second-order valence-electron chi connectivity index (χ2n) is 10.5. The van der Waals surface area contributed by atoms with Crippen molar-refractivity contribution in [3.8, 4) is 0 Å². The van der Waals surface area contributed by atoms with Crippen molar-refractivity contribution >= 4 is 11.7 Å². The number of halogens is 1. The third-order valence-electron chi connectivity index (χ3n) is 8.03. The van der Waals surface area contributed by atoms with Gasteiger partial charge in [-0.1, -0.05) is 12.1 Å². The van der Waals surface area contributed by atoms with Gasteiger partial charge in [0, 0.05) is 76.3 Å². The van der Waals surface area contributed by atoms with Crippen molar-refractivity contribution in [1.82, 2.24) is 24.8 Å². The number of carbonyl (C=O) groups excluding carboxylic acids is 1. The van der Waals surface area contributed by atoms with Crippen LogP contribution in [0.5, 0.6) is 0 Å². The van der Waals surface area contributed by atoms with Gasteiger partial charge >= 0.3 is 0 Å².